The molecule has 0 fully saturated rings. The highest BCUT2D eigenvalue weighted by atomic mass is 19.1. The number of nitriles is 2. The minimum Gasteiger partial charge on any atom is -0.210 e. The van der Waals surface area contributed by atoms with Gasteiger partial charge < -0.3 is 0 Å². The third-order valence-electron chi connectivity index (χ3n) is 1.29. The summed E-state index contributed by atoms with van der Waals surface area (Å²) in [5.74, 6) is -0.964. The minimum atomic E-state index is -0.580. The van der Waals surface area contributed by atoms with Crippen molar-refractivity contribution in [1.82, 2.24) is 0 Å². The standard InChI is InChI=1S/C9H9FN2/c1-6(2)9(10)8(5-12)7(3)4-11/h6H,3H2,1-2H3/b9-8+. The highest BCUT2D eigenvalue weighted by molar-refractivity contribution is 5.49. The van der Waals surface area contributed by atoms with E-state index in [4.69, 9.17) is 10.5 Å². The van der Waals surface area contributed by atoms with E-state index in [9.17, 15) is 4.39 Å². The summed E-state index contributed by atoms with van der Waals surface area (Å²) >= 11 is 0. The second kappa shape index (κ2) is 4.31. The molecule has 0 spiro atoms. The molecule has 3 heteroatoms. The van der Waals surface area contributed by atoms with E-state index in [0.29, 0.717) is 0 Å². The van der Waals surface area contributed by atoms with Crippen molar-refractivity contribution in [3.05, 3.63) is 23.6 Å². The SMILES string of the molecule is C=C(C#N)/C(C#N)=C(/F)C(C)C. The lowest BCUT2D eigenvalue weighted by atomic mass is 10.0. The molecular formula is C9H9FN2. The van der Waals surface area contributed by atoms with Crippen LogP contribution in [-0.2, 0) is 0 Å². The van der Waals surface area contributed by atoms with Crippen LogP contribution in [-0.4, -0.2) is 0 Å². The first-order valence-corrected chi connectivity index (χ1v) is 3.43. The second-order valence-corrected chi connectivity index (χ2v) is 2.58. The molecule has 0 heterocycles. The molecule has 12 heavy (non-hydrogen) atoms. The molecule has 0 aliphatic carbocycles. The van der Waals surface area contributed by atoms with E-state index in [-0.39, 0.29) is 17.1 Å². The van der Waals surface area contributed by atoms with E-state index in [2.05, 4.69) is 6.58 Å². The summed E-state index contributed by atoms with van der Waals surface area (Å²) in [4.78, 5) is 0. The molecule has 0 saturated heterocycles. The van der Waals surface area contributed by atoms with E-state index in [0.717, 1.165) is 0 Å². The number of nitrogens with zero attached hydrogens (tertiary/aromatic N) is 2. The number of rotatable bonds is 2. The highest BCUT2D eigenvalue weighted by Gasteiger charge is 2.12. The summed E-state index contributed by atoms with van der Waals surface area (Å²) < 4.78 is 13.1. The first-order chi connectivity index (χ1) is 5.54. The van der Waals surface area contributed by atoms with Crippen molar-refractivity contribution < 1.29 is 4.39 Å². The molecule has 0 amide bonds. The Morgan fingerprint density at radius 3 is 2.08 bits per heavy atom. The van der Waals surface area contributed by atoms with Crippen molar-refractivity contribution >= 4 is 0 Å². The molecule has 0 unspecified atom stereocenters. The van der Waals surface area contributed by atoms with Crippen LogP contribution >= 0.6 is 0 Å². The van der Waals surface area contributed by atoms with Gasteiger partial charge in [-0.15, -0.1) is 0 Å². The van der Waals surface area contributed by atoms with E-state index < -0.39 is 5.83 Å². The topological polar surface area (TPSA) is 47.6 Å². The van der Waals surface area contributed by atoms with Crippen molar-refractivity contribution in [3.63, 3.8) is 0 Å². The summed E-state index contributed by atoms with van der Waals surface area (Å²) in [5.41, 5.74) is -0.365. The summed E-state index contributed by atoms with van der Waals surface area (Å²) in [6, 6.07) is 3.25. The fourth-order valence-corrected chi connectivity index (χ4v) is 0.610. The first-order valence-electron chi connectivity index (χ1n) is 3.43. The van der Waals surface area contributed by atoms with E-state index in [1.807, 2.05) is 0 Å². The third kappa shape index (κ3) is 2.21. The van der Waals surface area contributed by atoms with Crippen LogP contribution in [0.1, 0.15) is 13.8 Å². The Kier molecular flexibility index (Phi) is 3.73. The zero-order chi connectivity index (χ0) is 9.72. The van der Waals surface area contributed by atoms with Crippen LogP contribution in [0.15, 0.2) is 23.6 Å². The smallest absolute Gasteiger partial charge is 0.121 e. The maximum absolute atomic E-state index is 13.1. The highest BCUT2D eigenvalue weighted by Crippen LogP contribution is 2.20. The van der Waals surface area contributed by atoms with Gasteiger partial charge >= 0.3 is 0 Å². The largest absolute Gasteiger partial charge is 0.210 e. The average molecular weight is 164 g/mol. The molecule has 0 radical (unpaired) electrons. The Hall–Kier alpha value is -1.61. The number of hydrogen-bond donors (Lipinski definition) is 0. The summed E-state index contributed by atoms with van der Waals surface area (Å²) in [5, 5.41) is 16.9. The Morgan fingerprint density at radius 2 is 1.83 bits per heavy atom. The zero-order valence-electron chi connectivity index (χ0n) is 7.06. The number of allylic oxidation sites excluding steroid dienone is 3. The van der Waals surface area contributed by atoms with Crippen molar-refractivity contribution in [2.24, 2.45) is 5.92 Å². The first kappa shape index (κ1) is 10.4. The lowest BCUT2D eigenvalue weighted by Gasteiger charge is -2.02. The van der Waals surface area contributed by atoms with Gasteiger partial charge in [-0.1, -0.05) is 20.4 Å². The number of halogens is 1. The Labute approximate surface area is 71.2 Å². The Bertz CT molecular complexity index is 299. The van der Waals surface area contributed by atoms with Crippen molar-refractivity contribution in [2.75, 3.05) is 0 Å². The average Bonchev–Trinajstić information content (AvgIpc) is 2.05. The van der Waals surface area contributed by atoms with Crippen molar-refractivity contribution in [2.45, 2.75) is 13.8 Å². The van der Waals surface area contributed by atoms with E-state index in [1.54, 1.807) is 26.0 Å². The molecule has 0 aliphatic heterocycles. The van der Waals surface area contributed by atoms with Crippen LogP contribution in [0.3, 0.4) is 0 Å². The van der Waals surface area contributed by atoms with Gasteiger partial charge in [0.15, 0.2) is 0 Å². The summed E-state index contributed by atoms with van der Waals surface area (Å²) in [6.45, 7) is 6.48. The van der Waals surface area contributed by atoms with Crippen molar-refractivity contribution in [1.29, 1.82) is 10.5 Å². The lowest BCUT2D eigenvalue weighted by Crippen LogP contribution is -1.94. The minimum absolute atomic E-state index is 0.122. The van der Waals surface area contributed by atoms with Crippen LogP contribution in [0.5, 0.6) is 0 Å². The van der Waals surface area contributed by atoms with Gasteiger partial charge in [0, 0.05) is 5.92 Å². The molecule has 0 aromatic heterocycles. The van der Waals surface area contributed by atoms with Gasteiger partial charge in [-0.25, -0.2) is 4.39 Å². The molecule has 62 valence electrons. The van der Waals surface area contributed by atoms with E-state index >= 15 is 0 Å². The van der Waals surface area contributed by atoms with Gasteiger partial charge in [-0.3, -0.25) is 0 Å². The molecule has 0 aromatic carbocycles. The zero-order valence-corrected chi connectivity index (χ0v) is 7.06. The maximum Gasteiger partial charge on any atom is 0.121 e. The van der Waals surface area contributed by atoms with Gasteiger partial charge in [-0.2, -0.15) is 10.5 Å². The van der Waals surface area contributed by atoms with Gasteiger partial charge in [-0.05, 0) is 0 Å². The second-order valence-electron chi connectivity index (χ2n) is 2.58. The van der Waals surface area contributed by atoms with E-state index in [1.165, 1.54) is 0 Å². The van der Waals surface area contributed by atoms with Gasteiger partial charge in [0.1, 0.15) is 17.5 Å². The van der Waals surface area contributed by atoms with Crippen LogP contribution < -0.4 is 0 Å². The van der Waals surface area contributed by atoms with Gasteiger partial charge in [0.25, 0.3) is 0 Å². The molecule has 0 rings (SSSR count). The lowest BCUT2D eigenvalue weighted by molar-refractivity contribution is 0.515. The Morgan fingerprint density at radius 1 is 1.33 bits per heavy atom. The predicted molar refractivity (Wildman–Crippen MR) is 43.3 cm³/mol. The quantitative estimate of drug-likeness (QED) is 0.465. The Balaban J connectivity index is 5.07. The monoisotopic (exact) mass is 164 g/mol. The molecule has 0 aliphatic rings. The normalized spacial score (nSPS) is 11.5. The molecular weight excluding hydrogens is 155 g/mol. The molecule has 0 bridgehead atoms. The van der Waals surface area contributed by atoms with Gasteiger partial charge in [0.05, 0.1) is 11.6 Å². The third-order valence-corrected chi connectivity index (χ3v) is 1.29. The molecule has 0 aromatic rings. The predicted octanol–water partition coefficient (Wildman–Crippen LogP) is 2.47. The fourth-order valence-electron chi connectivity index (χ4n) is 0.610. The van der Waals surface area contributed by atoms with Crippen LogP contribution in [0.2, 0.25) is 0 Å². The van der Waals surface area contributed by atoms with Crippen molar-refractivity contribution in [3.8, 4) is 12.1 Å². The maximum atomic E-state index is 13.1. The summed E-state index contributed by atoms with van der Waals surface area (Å²) in [6.07, 6.45) is 0. The van der Waals surface area contributed by atoms with Crippen LogP contribution in [0, 0.1) is 28.6 Å². The summed E-state index contributed by atoms with van der Waals surface area (Å²) in [7, 11) is 0. The van der Waals surface area contributed by atoms with Crippen LogP contribution in [0.4, 0.5) is 4.39 Å². The fraction of sp³-hybridized carbons (Fsp3) is 0.333. The molecule has 0 saturated carbocycles. The molecule has 2 nitrogen and oxygen atoms in total. The number of hydrogen-bond acceptors (Lipinski definition) is 2. The van der Waals surface area contributed by atoms with Crippen LogP contribution in [0.25, 0.3) is 0 Å². The molecule has 0 atom stereocenters. The van der Waals surface area contributed by atoms with Gasteiger partial charge in [0.2, 0.25) is 0 Å². The molecule has 0 N–H and O–H groups in total.